The van der Waals surface area contributed by atoms with Crippen LogP contribution in [0.25, 0.3) is 0 Å². The third kappa shape index (κ3) is 8.45. The Kier molecular flexibility index (Phi) is 10.3. The number of carboxylic acid groups (broad SMARTS) is 1. The Labute approximate surface area is 150 Å². The summed E-state index contributed by atoms with van der Waals surface area (Å²) in [7, 11) is 0. The summed E-state index contributed by atoms with van der Waals surface area (Å²) in [6.07, 6.45) is 12.0. The van der Waals surface area contributed by atoms with Crippen molar-refractivity contribution < 1.29 is 24.9 Å². The minimum Gasteiger partial charge on any atom is -0.481 e. The van der Waals surface area contributed by atoms with Gasteiger partial charge in [-0.05, 0) is 31.6 Å². The van der Waals surface area contributed by atoms with Gasteiger partial charge in [-0.2, -0.15) is 0 Å². The van der Waals surface area contributed by atoms with Crippen LogP contribution < -0.4 is 0 Å². The maximum Gasteiger partial charge on any atom is 0.303 e. The van der Waals surface area contributed by atoms with Crippen LogP contribution in [0.15, 0.2) is 24.3 Å². The summed E-state index contributed by atoms with van der Waals surface area (Å²) in [6, 6.07) is 0. The van der Waals surface area contributed by atoms with Crippen molar-refractivity contribution in [3.63, 3.8) is 0 Å². The summed E-state index contributed by atoms with van der Waals surface area (Å²) in [4.78, 5) is 22.5. The van der Waals surface area contributed by atoms with Gasteiger partial charge in [-0.15, -0.1) is 0 Å². The molecule has 0 aromatic rings. The van der Waals surface area contributed by atoms with E-state index in [9.17, 15) is 19.8 Å². The quantitative estimate of drug-likeness (QED) is 0.370. The highest BCUT2D eigenvalue weighted by molar-refractivity contribution is 5.85. The highest BCUT2D eigenvalue weighted by Crippen LogP contribution is 2.34. The Hall–Kier alpha value is -1.46. The highest BCUT2D eigenvalue weighted by Gasteiger charge is 2.39. The number of aliphatic hydroxyl groups is 2. The fourth-order valence-corrected chi connectivity index (χ4v) is 3.27. The molecule has 0 bridgehead atoms. The molecule has 0 aromatic heterocycles. The number of carbonyl (C=O) groups excluding carboxylic acids is 1. The van der Waals surface area contributed by atoms with Crippen LogP contribution in [0.3, 0.4) is 0 Å². The molecule has 25 heavy (non-hydrogen) atoms. The number of allylic oxidation sites excluding steroid dienone is 2. The van der Waals surface area contributed by atoms with Crippen molar-refractivity contribution in [3.8, 4) is 0 Å². The maximum absolute atomic E-state index is 12.1. The summed E-state index contributed by atoms with van der Waals surface area (Å²) >= 11 is 0. The largest absolute Gasteiger partial charge is 0.481 e. The van der Waals surface area contributed by atoms with Gasteiger partial charge in [0.2, 0.25) is 0 Å². The van der Waals surface area contributed by atoms with E-state index in [-0.39, 0.29) is 30.5 Å². The average molecular weight is 352 g/mol. The number of hydrogen-bond donors (Lipinski definition) is 3. The van der Waals surface area contributed by atoms with Gasteiger partial charge in [0, 0.05) is 18.8 Å². The van der Waals surface area contributed by atoms with Gasteiger partial charge in [-0.1, -0.05) is 50.5 Å². The minimum atomic E-state index is -0.798. The molecule has 142 valence electrons. The van der Waals surface area contributed by atoms with E-state index < -0.39 is 18.2 Å². The molecule has 0 radical (unpaired) electrons. The van der Waals surface area contributed by atoms with E-state index >= 15 is 0 Å². The van der Waals surface area contributed by atoms with Gasteiger partial charge in [-0.3, -0.25) is 9.59 Å². The molecule has 0 aliphatic heterocycles. The molecule has 4 atom stereocenters. The number of Topliss-reactive ketones (excluding diaryl/α,β-unsaturated/α-hetero) is 1. The van der Waals surface area contributed by atoms with E-state index in [1.54, 1.807) is 12.2 Å². The van der Waals surface area contributed by atoms with Crippen molar-refractivity contribution in [2.45, 2.75) is 76.9 Å². The molecule has 5 nitrogen and oxygen atoms in total. The van der Waals surface area contributed by atoms with E-state index in [1.807, 2.05) is 12.2 Å². The second-order valence-corrected chi connectivity index (χ2v) is 6.87. The zero-order chi connectivity index (χ0) is 18.7. The number of unbranched alkanes of at least 4 members (excludes halogenated alkanes) is 3. The van der Waals surface area contributed by atoms with Crippen LogP contribution in [0.2, 0.25) is 0 Å². The van der Waals surface area contributed by atoms with Crippen LogP contribution in [-0.2, 0) is 9.59 Å². The summed E-state index contributed by atoms with van der Waals surface area (Å²) in [6.45, 7) is 2.12. The van der Waals surface area contributed by atoms with Crippen LogP contribution in [0, 0.1) is 11.8 Å². The zero-order valence-corrected chi connectivity index (χ0v) is 15.1. The molecule has 1 aliphatic carbocycles. The first-order valence-corrected chi connectivity index (χ1v) is 9.39. The van der Waals surface area contributed by atoms with E-state index in [0.717, 1.165) is 25.7 Å². The fraction of sp³-hybridized carbons (Fsp3) is 0.700. The molecular formula is C20H32O5. The number of aliphatic hydroxyl groups excluding tert-OH is 2. The predicted octanol–water partition coefficient (Wildman–Crippen LogP) is 3.25. The molecule has 0 heterocycles. The van der Waals surface area contributed by atoms with Crippen molar-refractivity contribution in [3.05, 3.63) is 24.3 Å². The number of carboxylic acids is 1. The van der Waals surface area contributed by atoms with Gasteiger partial charge >= 0.3 is 5.97 Å². The SMILES string of the molecule is CCCCC[C@@H]1[C@@H](O)CC(=O)[C@@H]1/C=C/[C@@H](O)C/C=C\CCCC(=O)O. The van der Waals surface area contributed by atoms with Gasteiger partial charge in [0.25, 0.3) is 0 Å². The van der Waals surface area contributed by atoms with Crippen molar-refractivity contribution in [2.75, 3.05) is 0 Å². The van der Waals surface area contributed by atoms with E-state index in [4.69, 9.17) is 5.11 Å². The molecular weight excluding hydrogens is 320 g/mol. The smallest absolute Gasteiger partial charge is 0.303 e. The number of ketones is 1. The number of rotatable bonds is 12. The Morgan fingerprint density at radius 1 is 1.28 bits per heavy atom. The summed E-state index contributed by atoms with van der Waals surface area (Å²) in [5, 5.41) is 28.6. The van der Waals surface area contributed by atoms with E-state index in [1.165, 1.54) is 0 Å². The molecule has 3 N–H and O–H groups in total. The van der Waals surface area contributed by atoms with Crippen LogP contribution in [0.5, 0.6) is 0 Å². The first-order valence-electron chi connectivity index (χ1n) is 9.39. The topological polar surface area (TPSA) is 94.8 Å². The molecule has 1 fully saturated rings. The standard InChI is InChI=1S/C20H32O5/c1-2-3-6-10-16-17(19(23)14-18(16)22)13-12-15(21)9-7-4-5-8-11-20(24)25/h4,7,12-13,15-18,21-22H,2-3,5-6,8-11,14H2,1H3,(H,24,25)/b7-4-,13-12+/t15-,16-,17+,18-/m0/s1. The second-order valence-electron chi connectivity index (χ2n) is 6.87. The Morgan fingerprint density at radius 3 is 2.72 bits per heavy atom. The summed E-state index contributed by atoms with van der Waals surface area (Å²) in [5.74, 6) is -1.06. The molecule has 1 saturated carbocycles. The van der Waals surface area contributed by atoms with Crippen LogP contribution in [0.4, 0.5) is 0 Å². The van der Waals surface area contributed by atoms with Crippen LogP contribution in [-0.4, -0.2) is 39.3 Å². The molecule has 1 aliphatic rings. The Balaban J connectivity index is 2.41. The highest BCUT2D eigenvalue weighted by atomic mass is 16.4. The molecule has 0 spiro atoms. The second kappa shape index (κ2) is 12.0. The molecule has 0 saturated heterocycles. The minimum absolute atomic E-state index is 0.0333. The molecule has 0 unspecified atom stereocenters. The van der Waals surface area contributed by atoms with Crippen molar-refractivity contribution in [1.82, 2.24) is 0 Å². The molecule has 1 rings (SSSR count). The first-order chi connectivity index (χ1) is 12.0. The van der Waals surface area contributed by atoms with Crippen LogP contribution in [0.1, 0.15) is 64.7 Å². The molecule has 0 aromatic carbocycles. The predicted molar refractivity (Wildman–Crippen MR) is 97.1 cm³/mol. The lowest BCUT2D eigenvalue weighted by atomic mass is 9.88. The Bertz CT molecular complexity index is 469. The third-order valence-corrected chi connectivity index (χ3v) is 4.72. The molecule has 5 heteroatoms. The zero-order valence-electron chi connectivity index (χ0n) is 15.1. The normalized spacial score (nSPS) is 25.2. The lowest BCUT2D eigenvalue weighted by Crippen LogP contribution is -2.19. The fourth-order valence-electron chi connectivity index (χ4n) is 3.27. The van der Waals surface area contributed by atoms with Gasteiger partial charge < -0.3 is 15.3 Å². The maximum atomic E-state index is 12.1. The van der Waals surface area contributed by atoms with Crippen molar-refractivity contribution >= 4 is 11.8 Å². The Morgan fingerprint density at radius 2 is 2.04 bits per heavy atom. The summed E-state index contributed by atoms with van der Waals surface area (Å²) in [5.41, 5.74) is 0. The first kappa shape index (κ1) is 21.6. The number of carbonyl (C=O) groups is 2. The monoisotopic (exact) mass is 352 g/mol. The van der Waals surface area contributed by atoms with Gasteiger partial charge in [-0.25, -0.2) is 0 Å². The third-order valence-electron chi connectivity index (χ3n) is 4.72. The van der Waals surface area contributed by atoms with Gasteiger partial charge in [0.15, 0.2) is 0 Å². The number of aliphatic carboxylic acids is 1. The van der Waals surface area contributed by atoms with E-state index in [0.29, 0.717) is 19.3 Å². The van der Waals surface area contributed by atoms with Crippen molar-refractivity contribution in [2.24, 2.45) is 11.8 Å². The number of hydrogen-bond acceptors (Lipinski definition) is 4. The summed E-state index contributed by atoms with van der Waals surface area (Å²) < 4.78 is 0. The molecule has 0 amide bonds. The van der Waals surface area contributed by atoms with E-state index in [2.05, 4.69) is 6.92 Å². The average Bonchev–Trinajstić information content (AvgIpc) is 2.82. The lowest BCUT2D eigenvalue weighted by molar-refractivity contribution is -0.137. The lowest BCUT2D eigenvalue weighted by Gasteiger charge is -2.18. The van der Waals surface area contributed by atoms with Crippen molar-refractivity contribution in [1.29, 1.82) is 0 Å². The van der Waals surface area contributed by atoms with Gasteiger partial charge in [0.1, 0.15) is 5.78 Å². The van der Waals surface area contributed by atoms with Crippen LogP contribution >= 0.6 is 0 Å². The van der Waals surface area contributed by atoms with Gasteiger partial charge in [0.05, 0.1) is 12.2 Å².